The minimum atomic E-state index is -0.844. The summed E-state index contributed by atoms with van der Waals surface area (Å²) in [6.07, 6.45) is 0.413. The van der Waals surface area contributed by atoms with Crippen molar-refractivity contribution in [3.63, 3.8) is 0 Å². The summed E-state index contributed by atoms with van der Waals surface area (Å²) in [6.45, 7) is 4.28. The van der Waals surface area contributed by atoms with Crippen molar-refractivity contribution in [2.45, 2.75) is 31.3 Å². The highest BCUT2D eigenvalue weighted by atomic mass is 35.5. The lowest BCUT2D eigenvalue weighted by atomic mass is 10.0. The van der Waals surface area contributed by atoms with Gasteiger partial charge >= 0.3 is 5.97 Å². The summed E-state index contributed by atoms with van der Waals surface area (Å²) in [6, 6.07) is 19.7. The van der Waals surface area contributed by atoms with Crippen molar-refractivity contribution in [1.29, 1.82) is 0 Å². The molecular formula is C26H25ClO5S. The van der Waals surface area contributed by atoms with Crippen LogP contribution in [0.2, 0.25) is 5.02 Å². The van der Waals surface area contributed by atoms with Crippen molar-refractivity contribution in [3.8, 4) is 11.5 Å². The summed E-state index contributed by atoms with van der Waals surface area (Å²) in [5.41, 5.74) is 1.96. The minimum Gasteiger partial charge on any atom is -0.493 e. The highest BCUT2D eigenvalue weighted by Crippen LogP contribution is 2.28. The Balaban J connectivity index is 1.58. The number of benzene rings is 3. The number of halogens is 1. The van der Waals surface area contributed by atoms with Crippen LogP contribution < -0.4 is 9.47 Å². The van der Waals surface area contributed by atoms with E-state index < -0.39 is 5.97 Å². The average Bonchev–Trinajstić information content (AvgIpc) is 2.79. The first kappa shape index (κ1) is 24.7. The van der Waals surface area contributed by atoms with Crippen LogP contribution in [-0.2, 0) is 4.79 Å². The molecule has 1 N–H and O–H groups in total. The molecule has 0 aliphatic carbocycles. The summed E-state index contributed by atoms with van der Waals surface area (Å²) in [4.78, 5) is 24.6. The maximum Gasteiger partial charge on any atom is 0.313 e. The van der Waals surface area contributed by atoms with Crippen LogP contribution in [0.3, 0.4) is 0 Å². The van der Waals surface area contributed by atoms with Gasteiger partial charge in [-0.25, -0.2) is 0 Å². The lowest BCUT2D eigenvalue weighted by Gasteiger charge is -2.18. The normalized spacial score (nSPS) is 11.6. The first-order chi connectivity index (χ1) is 15.8. The predicted octanol–water partition coefficient (Wildman–Crippen LogP) is 6.29. The number of carboxylic acid groups (broad SMARTS) is 1. The van der Waals surface area contributed by atoms with E-state index in [0.717, 1.165) is 10.5 Å². The molecule has 0 bridgehead atoms. The molecule has 0 aliphatic rings. The first-order valence-corrected chi connectivity index (χ1v) is 11.8. The molecule has 3 aromatic rings. The van der Waals surface area contributed by atoms with Gasteiger partial charge in [0, 0.05) is 21.9 Å². The van der Waals surface area contributed by atoms with E-state index >= 15 is 0 Å². The molecule has 5 nitrogen and oxygen atoms in total. The van der Waals surface area contributed by atoms with Gasteiger partial charge in [-0.05, 0) is 55.8 Å². The van der Waals surface area contributed by atoms with Gasteiger partial charge in [-0.15, -0.1) is 11.8 Å². The molecule has 0 heterocycles. The van der Waals surface area contributed by atoms with E-state index in [2.05, 4.69) is 0 Å². The fourth-order valence-corrected chi connectivity index (χ4v) is 4.06. The van der Waals surface area contributed by atoms with E-state index in [1.54, 1.807) is 30.3 Å². The zero-order chi connectivity index (χ0) is 23.8. The molecule has 3 aromatic carbocycles. The maximum absolute atomic E-state index is 12.9. The van der Waals surface area contributed by atoms with Crippen LogP contribution in [0.15, 0.2) is 71.6 Å². The molecule has 0 saturated carbocycles. The van der Waals surface area contributed by atoms with Crippen molar-refractivity contribution in [3.05, 3.63) is 88.4 Å². The second-order valence-electron chi connectivity index (χ2n) is 7.51. The van der Waals surface area contributed by atoms with Crippen LogP contribution in [0.4, 0.5) is 0 Å². The number of hydrogen-bond acceptors (Lipinski definition) is 5. The van der Waals surface area contributed by atoms with Gasteiger partial charge in [0.25, 0.3) is 0 Å². The monoisotopic (exact) mass is 484 g/mol. The Kier molecular flexibility index (Phi) is 8.80. The third-order valence-electron chi connectivity index (χ3n) is 4.84. The zero-order valence-electron chi connectivity index (χ0n) is 18.4. The van der Waals surface area contributed by atoms with Gasteiger partial charge in [-0.3, -0.25) is 9.59 Å². The standard InChI is InChI=1S/C26H25ClO5S/c1-17-14-21(9-11-24(17)33-16-25(28)29)31-13-12-18(2)32-23-10-8-20(27)15-22(23)26(30)19-6-4-3-5-7-19/h3-11,14-15,18H,12-13,16H2,1-2H3,(H,28,29). The lowest BCUT2D eigenvalue weighted by Crippen LogP contribution is -2.17. The number of ether oxygens (including phenoxy) is 2. The summed E-state index contributed by atoms with van der Waals surface area (Å²) in [5.74, 6) is 0.230. The van der Waals surface area contributed by atoms with Gasteiger partial charge in [-0.1, -0.05) is 41.9 Å². The molecule has 0 aliphatic heterocycles. The van der Waals surface area contributed by atoms with Gasteiger partial charge < -0.3 is 14.6 Å². The smallest absolute Gasteiger partial charge is 0.313 e. The Labute approximate surface area is 202 Å². The number of aryl methyl sites for hydroxylation is 1. The molecule has 0 amide bonds. The maximum atomic E-state index is 12.9. The number of aliphatic carboxylic acids is 1. The minimum absolute atomic E-state index is 0.0232. The van der Waals surface area contributed by atoms with Crippen molar-refractivity contribution >= 4 is 35.1 Å². The number of carbonyl (C=O) groups excluding carboxylic acids is 1. The number of hydrogen-bond donors (Lipinski definition) is 1. The van der Waals surface area contributed by atoms with Crippen molar-refractivity contribution in [2.75, 3.05) is 12.4 Å². The lowest BCUT2D eigenvalue weighted by molar-refractivity contribution is -0.133. The highest BCUT2D eigenvalue weighted by molar-refractivity contribution is 8.00. The van der Waals surface area contributed by atoms with Crippen LogP contribution in [0.25, 0.3) is 0 Å². The molecule has 1 unspecified atom stereocenters. The topological polar surface area (TPSA) is 72.8 Å². The molecule has 33 heavy (non-hydrogen) atoms. The Morgan fingerprint density at radius 3 is 2.52 bits per heavy atom. The number of carboxylic acids is 1. The Morgan fingerprint density at radius 2 is 1.82 bits per heavy atom. The first-order valence-electron chi connectivity index (χ1n) is 10.5. The number of carbonyl (C=O) groups is 2. The van der Waals surface area contributed by atoms with Gasteiger partial charge in [0.2, 0.25) is 0 Å². The third-order valence-corrected chi connectivity index (χ3v) is 6.24. The highest BCUT2D eigenvalue weighted by Gasteiger charge is 2.17. The van der Waals surface area contributed by atoms with Gasteiger partial charge in [-0.2, -0.15) is 0 Å². The molecule has 0 saturated heterocycles. The summed E-state index contributed by atoms with van der Waals surface area (Å²) in [7, 11) is 0. The summed E-state index contributed by atoms with van der Waals surface area (Å²) >= 11 is 7.42. The number of rotatable bonds is 11. The molecule has 172 valence electrons. The Morgan fingerprint density at radius 1 is 1.06 bits per heavy atom. The fraction of sp³-hybridized carbons (Fsp3) is 0.231. The van der Waals surface area contributed by atoms with Crippen LogP contribution in [0.1, 0.15) is 34.8 Å². The quantitative estimate of drug-likeness (QED) is 0.254. The van der Waals surface area contributed by atoms with E-state index in [0.29, 0.717) is 40.7 Å². The van der Waals surface area contributed by atoms with Crippen LogP contribution in [0, 0.1) is 6.92 Å². The van der Waals surface area contributed by atoms with Gasteiger partial charge in [0.15, 0.2) is 5.78 Å². The van der Waals surface area contributed by atoms with Crippen LogP contribution in [0.5, 0.6) is 11.5 Å². The van der Waals surface area contributed by atoms with E-state index in [1.165, 1.54) is 11.8 Å². The van der Waals surface area contributed by atoms with E-state index in [9.17, 15) is 9.59 Å². The molecule has 3 rings (SSSR count). The Hall–Kier alpha value is -2.96. The molecule has 7 heteroatoms. The summed E-state index contributed by atoms with van der Waals surface area (Å²) < 4.78 is 11.9. The largest absolute Gasteiger partial charge is 0.493 e. The van der Waals surface area contributed by atoms with Crippen LogP contribution in [-0.4, -0.2) is 35.3 Å². The van der Waals surface area contributed by atoms with E-state index in [-0.39, 0.29) is 17.6 Å². The average molecular weight is 485 g/mol. The van der Waals surface area contributed by atoms with E-state index in [1.807, 2.05) is 50.2 Å². The molecular weight excluding hydrogens is 460 g/mol. The van der Waals surface area contributed by atoms with E-state index in [4.69, 9.17) is 26.2 Å². The third kappa shape index (κ3) is 7.27. The summed E-state index contributed by atoms with van der Waals surface area (Å²) in [5, 5.41) is 9.30. The molecule has 0 aromatic heterocycles. The van der Waals surface area contributed by atoms with Crippen LogP contribution >= 0.6 is 23.4 Å². The number of thioether (sulfide) groups is 1. The number of ketones is 1. The van der Waals surface area contributed by atoms with Gasteiger partial charge in [0.05, 0.1) is 24.0 Å². The fourth-order valence-electron chi connectivity index (χ4n) is 3.16. The van der Waals surface area contributed by atoms with Crippen molar-refractivity contribution in [1.82, 2.24) is 0 Å². The second-order valence-corrected chi connectivity index (χ2v) is 8.96. The Bertz CT molecular complexity index is 1120. The van der Waals surface area contributed by atoms with Crippen molar-refractivity contribution in [2.24, 2.45) is 0 Å². The second kappa shape index (κ2) is 11.8. The molecule has 0 fully saturated rings. The molecule has 0 spiro atoms. The predicted molar refractivity (Wildman–Crippen MR) is 131 cm³/mol. The SMILES string of the molecule is Cc1cc(OCCC(C)Oc2ccc(Cl)cc2C(=O)c2ccccc2)ccc1SCC(=O)O. The molecule has 1 atom stereocenters. The zero-order valence-corrected chi connectivity index (χ0v) is 20.0. The van der Waals surface area contributed by atoms with Gasteiger partial charge in [0.1, 0.15) is 11.5 Å². The van der Waals surface area contributed by atoms with Crippen molar-refractivity contribution < 1.29 is 24.2 Å². The molecule has 0 radical (unpaired) electrons.